The number of rotatable bonds is 7. The van der Waals surface area contributed by atoms with E-state index in [0.717, 1.165) is 6.42 Å². The minimum Gasteiger partial charge on any atom is -0.352 e. The molecule has 0 radical (unpaired) electrons. The molecule has 0 aromatic heterocycles. The van der Waals surface area contributed by atoms with Gasteiger partial charge < -0.3 is 10.6 Å². The van der Waals surface area contributed by atoms with Crippen LogP contribution in [0.2, 0.25) is 0 Å². The van der Waals surface area contributed by atoms with Crippen LogP contribution in [0.1, 0.15) is 63.4 Å². The molecule has 3 fully saturated rings. The lowest BCUT2D eigenvalue weighted by Gasteiger charge is -2.55. The number of fused-ring (bicyclic) bond motifs is 1. The number of nitrogens with zero attached hydrogens (tertiary/aromatic N) is 1. The van der Waals surface area contributed by atoms with Gasteiger partial charge in [0.2, 0.25) is 5.91 Å². The largest absolute Gasteiger partial charge is 0.352 e. The molecule has 0 spiro atoms. The van der Waals surface area contributed by atoms with Crippen molar-refractivity contribution in [2.45, 2.75) is 69.9 Å². The fourth-order valence-electron chi connectivity index (χ4n) is 5.54. The molecule has 1 heterocycles. The molecule has 2 saturated carbocycles. The van der Waals surface area contributed by atoms with Crippen LogP contribution >= 0.6 is 0 Å². The summed E-state index contributed by atoms with van der Waals surface area (Å²) in [6, 6.07) is 9.78. The Balaban J connectivity index is 1.35. The van der Waals surface area contributed by atoms with Crippen LogP contribution in [0.15, 0.2) is 30.3 Å². The third-order valence-corrected chi connectivity index (χ3v) is 6.91. The van der Waals surface area contributed by atoms with Gasteiger partial charge >= 0.3 is 6.03 Å². The summed E-state index contributed by atoms with van der Waals surface area (Å²) in [5.74, 6) is 1.39. The summed E-state index contributed by atoms with van der Waals surface area (Å²) in [6.07, 6.45) is 6.29. The van der Waals surface area contributed by atoms with Crippen LogP contribution < -0.4 is 10.6 Å². The zero-order valence-corrected chi connectivity index (χ0v) is 17.1. The van der Waals surface area contributed by atoms with E-state index in [2.05, 4.69) is 34.9 Å². The summed E-state index contributed by atoms with van der Waals surface area (Å²) in [7, 11) is 0. The predicted octanol–water partition coefficient (Wildman–Crippen LogP) is 3.19. The minimum atomic E-state index is -0.575. The van der Waals surface area contributed by atoms with Crippen molar-refractivity contribution in [1.29, 1.82) is 0 Å². The number of benzene rings is 1. The molecule has 4 amide bonds. The molecule has 3 aliphatic rings. The predicted molar refractivity (Wildman–Crippen MR) is 110 cm³/mol. The minimum absolute atomic E-state index is 0.0176. The van der Waals surface area contributed by atoms with Crippen LogP contribution in [0.3, 0.4) is 0 Å². The fourth-order valence-corrected chi connectivity index (χ4v) is 5.54. The third kappa shape index (κ3) is 3.89. The van der Waals surface area contributed by atoms with Gasteiger partial charge in [-0.2, -0.15) is 0 Å². The zero-order chi connectivity index (χ0) is 20.4. The highest BCUT2D eigenvalue weighted by Crippen LogP contribution is 2.54. The second-order valence-electron chi connectivity index (χ2n) is 8.67. The lowest BCUT2D eigenvalue weighted by atomic mass is 9.53. The lowest BCUT2D eigenvalue weighted by Crippen LogP contribution is -2.59. The average Bonchev–Trinajstić information content (AvgIpc) is 2.99. The number of amides is 4. The molecule has 1 aliphatic heterocycles. The molecule has 6 heteroatoms. The number of carbonyl (C=O) groups excluding carboxylic acids is 3. The first kappa shape index (κ1) is 19.9. The van der Waals surface area contributed by atoms with Crippen molar-refractivity contribution in [2.24, 2.45) is 11.8 Å². The van der Waals surface area contributed by atoms with Crippen LogP contribution in [0.4, 0.5) is 4.79 Å². The molecule has 5 atom stereocenters. The van der Waals surface area contributed by atoms with Gasteiger partial charge in [0.1, 0.15) is 6.04 Å². The smallest absolute Gasteiger partial charge is 0.324 e. The zero-order valence-electron chi connectivity index (χ0n) is 17.1. The summed E-state index contributed by atoms with van der Waals surface area (Å²) in [5.41, 5.74) is 1.31. The Kier molecular flexibility index (Phi) is 5.88. The molecule has 29 heavy (non-hydrogen) atoms. The van der Waals surface area contributed by atoms with Crippen molar-refractivity contribution < 1.29 is 14.4 Å². The van der Waals surface area contributed by atoms with Gasteiger partial charge in [0.15, 0.2) is 0 Å². The van der Waals surface area contributed by atoms with Crippen LogP contribution in [-0.4, -0.2) is 41.4 Å². The molecule has 1 aromatic rings. The van der Waals surface area contributed by atoms with Crippen LogP contribution in [-0.2, 0) is 9.59 Å². The molecular formula is C23H31N3O3. The number of hydrogen-bond acceptors (Lipinski definition) is 3. The Morgan fingerprint density at radius 1 is 1.14 bits per heavy atom. The van der Waals surface area contributed by atoms with Gasteiger partial charge in [-0.25, -0.2) is 4.79 Å². The number of nitrogens with one attached hydrogen (secondary N) is 2. The van der Waals surface area contributed by atoms with Gasteiger partial charge in [0, 0.05) is 24.9 Å². The van der Waals surface area contributed by atoms with Gasteiger partial charge in [-0.3, -0.25) is 14.5 Å². The van der Waals surface area contributed by atoms with Gasteiger partial charge in [0.25, 0.3) is 5.91 Å². The summed E-state index contributed by atoms with van der Waals surface area (Å²) < 4.78 is 0. The molecular weight excluding hydrogens is 366 g/mol. The Morgan fingerprint density at radius 3 is 2.59 bits per heavy atom. The van der Waals surface area contributed by atoms with Gasteiger partial charge in [-0.15, -0.1) is 0 Å². The highest BCUT2D eigenvalue weighted by Gasteiger charge is 2.51. The Bertz CT molecular complexity index is 766. The molecule has 1 saturated heterocycles. The molecule has 3 unspecified atom stereocenters. The first-order valence-electron chi connectivity index (χ1n) is 11.1. The number of urea groups is 1. The summed E-state index contributed by atoms with van der Waals surface area (Å²) in [4.78, 5) is 38.2. The van der Waals surface area contributed by atoms with Crippen molar-refractivity contribution >= 4 is 17.8 Å². The van der Waals surface area contributed by atoms with Crippen LogP contribution in [0, 0.1) is 11.8 Å². The van der Waals surface area contributed by atoms with Crippen molar-refractivity contribution in [3.63, 3.8) is 0 Å². The van der Waals surface area contributed by atoms with E-state index in [4.69, 9.17) is 0 Å². The molecule has 6 nitrogen and oxygen atoms in total. The average molecular weight is 398 g/mol. The molecule has 156 valence electrons. The molecule has 1 aromatic carbocycles. The number of imide groups is 1. The van der Waals surface area contributed by atoms with Crippen molar-refractivity contribution in [3.05, 3.63) is 35.9 Å². The quantitative estimate of drug-likeness (QED) is 0.694. The van der Waals surface area contributed by atoms with E-state index < -0.39 is 6.04 Å². The highest BCUT2D eigenvalue weighted by molar-refractivity contribution is 6.04. The maximum atomic E-state index is 12.7. The van der Waals surface area contributed by atoms with E-state index in [9.17, 15) is 14.4 Å². The second-order valence-corrected chi connectivity index (χ2v) is 8.67. The van der Waals surface area contributed by atoms with Crippen molar-refractivity contribution in [1.82, 2.24) is 15.5 Å². The van der Waals surface area contributed by atoms with Crippen molar-refractivity contribution in [2.75, 3.05) is 6.54 Å². The van der Waals surface area contributed by atoms with E-state index in [1.807, 2.05) is 13.0 Å². The van der Waals surface area contributed by atoms with E-state index in [-0.39, 0.29) is 30.3 Å². The summed E-state index contributed by atoms with van der Waals surface area (Å²) in [6.45, 7) is 2.36. The second kappa shape index (κ2) is 8.56. The summed E-state index contributed by atoms with van der Waals surface area (Å²) >= 11 is 0. The van der Waals surface area contributed by atoms with E-state index >= 15 is 0 Å². The van der Waals surface area contributed by atoms with Gasteiger partial charge in [-0.1, -0.05) is 50.1 Å². The molecule has 2 aliphatic carbocycles. The van der Waals surface area contributed by atoms with Crippen LogP contribution in [0.5, 0.6) is 0 Å². The lowest BCUT2D eigenvalue weighted by molar-refractivity contribution is -0.128. The first-order valence-corrected chi connectivity index (χ1v) is 11.1. The van der Waals surface area contributed by atoms with Gasteiger partial charge in [0.05, 0.1) is 0 Å². The van der Waals surface area contributed by atoms with Crippen LogP contribution in [0.25, 0.3) is 0 Å². The Morgan fingerprint density at radius 2 is 1.86 bits per heavy atom. The molecule has 2 N–H and O–H groups in total. The highest BCUT2D eigenvalue weighted by atomic mass is 16.2. The van der Waals surface area contributed by atoms with E-state index in [1.165, 1.54) is 36.1 Å². The number of hydrogen-bond donors (Lipinski definition) is 2. The van der Waals surface area contributed by atoms with Crippen molar-refractivity contribution in [3.8, 4) is 0 Å². The Hall–Kier alpha value is -2.37. The standard InChI is InChI=1S/C23H31N3O3/c1-2-14-26-22(28)18(24-23(26)29)12-13-19(27)25-21-17-11-7-6-10-16(17)20(21)15-8-4-3-5-9-15/h3-5,8-9,16-18,20-21H,2,6-7,10-14H2,1H3,(H,24,29)(H,25,27)/t16?,17?,18?,20-,21-/m0/s1. The summed E-state index contributed by atoms with van der Waals surface area (Å²) in [5, 5.41) is 5.99. The number of carbonyl (C=O) groups is 3. The normalized spacial score (nSPS) is 31.1. The van der Waals surface area contributed by atoms with E-state index in [0.29, 0.717) is 30.7 Å². The monoisotopic (exact) mass is 397 g/mol. The van der Waals surface area contributed by atoms with Gasteiger partial charge in [-0.05, 0) is 43.1 Å². The molecule has 4 rings (SSSR count). The first-order chi connectivity index (χ1) is 14.1. The maximum absolute atomic E-state index is 12.7. The van der Waals surface area contributed by atoms with E-state index in [1.54, 1.807) is 0 Å². The fraction of sp³-hybridized carbons (Fsp3) is 0.609. The Labute approximate surface area is 172 Å². The topological polar surface area (TPSA) is 78.5 Å². The molecule has 0 bridgehead atoms. The SMILES string of the molecule is CCCN1C(=O)NC(CCC(=O)N[C@H]2C3CCCCC3[C@@H]2c2ccccc2)C1=O. The third-order valence-electron chi connectivity index (χ3n) is 6.91. The maximum Gasteiger partial charge on any atom is 0.324 e.